The van der Waals surface area contributed by atoms with E-state index in [1.807, 2.05) is 0 Å². The van der Waals surface area contributed by atoms with E-state index in [1.54, 1.807) is 12.1 Å². The van der Waals surface area contributed by atoms with Gasteiger partial charge in [0.15, 0.2) is 5.96 Å². The van der Waals surface area contributed by atoms with E-state index >= 15 is 0 Å². The maximum atomic E-state index is 12.6. The summed E-state index contributed by atoms with van der Waals surface area (Å²) in [7, 11) is 0. The average molecular weight is 167 g/mol. The van der Waals surface area contributed by atoms with Gasteiger partial charge in [-0.1, -0.05) is 12.1 Å². The van der Waals surface area contributed by atoms with Crippen LogP contribution in [-0.2, 0) is 6.54 Å². The highest BCUT2D eigenvalue weighted by molar-refractivity contribution is 5.74. The minimum atomic E-state index is -0.280. The Morgan fingerprint density at radius 1 is 1.58 bits per heavy atom. The first kappa shape index (κ1) is 8.52. The van der Waals surface area contributed by atoms with Crippen LogP contribution >= 0.6 is 0 Å². The zero-order valence-electron chi connectivity index (χ0n) is 6.47. The molecular formula is C8H10FN3. The topological polar surface area (TPSA) is 61.9 Å². The number of halogens is 1. The molecule has 0 amide bonds. The Bertz CT molecular complexity index is 285. The van der Waals surface area contributed by atoms with Crippen LogP contribution in [0.5, 0.6) is 0 Å². The maximum absolute atomic E-state index is 12.6. The summed E-state index contributed by atoms with van der Waals surface area (Å²) in [6, 6.07) is 6.15. The minimum Gasteiger partial charge on any atom is -0.370 e. The van der Waals surface area contributed by atoms with E-state index < -0.39 is 0 Å². The molecule has 0 aliphatic heterocycles. The molecule has 1 aromatic carbocycles. The smallest absolute Gasteiger partial charge is 0.185 e. The minimum absolute atomic E-state index is 0.112. The van der Waals surface area contributed by atoms with Crippen molar-refractivity contribution < 1.29 is 4.39 Å². The van der Waals surface area contributed by atoms with E-state index in [9.17, 15) is 4.39 Å². The number of rotatable bonds is 2. The van der Waals surface area contributed by atoms with Crippen molar-refractivity contribution in [1.82, 2.24) is 5.32 Å². The lowest BCUT2D eigenvalue weighted by atomic mass is 10.2. The van der Waals surface area contributed by atoms with Gasteiger partial charge in [-0.3, -0.25) is 5.41 Å². The molecule has 0 fully saturated rings. The Balaban J connectivity index is 2.57. The summed E-state index contributed by atoms with van der Waals surface area (Å²) in [5, 5.41) is 9.45. The molecule has 0 saturated heterocycles. The van der Waals surface area contributed by atoms with Crippen molar-refractivity contribution in [3.63, 3.8) is 0 Å². The van der Waals surface area contributed by atoms with Crippen molar-refractivity contribution in [1.29, 1.82) is 5.41 Å². The Morgan fingerprint density at radius 2 is 2.33 bits per heavy atom. The molecule has 1 rings (SSSR count). The highest BCUT2D eigenvalue weighted by Crippen LogP contribution is 2.02. The van der Waals surface area contributed by atoms with Crippen LogP contribution in [0, 0.1) is 11.2 Å². The van der Waals surface area contributed by atoms with Crippen LogP contribution in [0.2, 0.25) is 0 Å². The molecule has 0 radical (unpaired) electrons. The number of benzene rings is 1. The van der Waals surface area contributed by atoms with Crippen LogP contribution in [0.3, 0.4) is 0 Å². The molecule has 4 N–H and O–H groups in total. The first-order chi connectivity index (χ1) is 5.68. The molecule has 0 spiro atoms. The summed E-state index contributed by atoms with van der Waals surface area (Å²) in [5.41, 5.74) is 5.83. The molecule has 0 unspecified atom stereocenters. The van der Waals surface area contributed by atoms with Gasteiger partial charge < -0.3 is 11.1 Å². The standard InChI is InChI=1S/C8H10FN3/c9-7-3-1-2-6(4-7)5-12-8(10)11/h1-4H,5H2,(H4,10,11,12). The van der Waals surface area contributed by atoms with Gasteiger partial charge in [-0.25, -0.2) is 4.39 Å². The molecule has 0 heterocycles. The van der Waals surface area contributed by atoms with Crippen LogP contribution in [0.4, 0.5) is 4.39 Å². The maximum Gasteiger partial charge on any atom is 0.185 e. The third-order valence-corrected chi connectivity index (χ3v) is 1.37. The molecule has 64 valence electrons. The Labute approximate surface area is 69.9 Å². The van der Waals surface area contributed by atoms with Crippen LogP contribution < -0.4 is 11.1 Å². The predicted octanol–water partition coefficient (Wildman–Crippen LogP) is 0.809. The van der Waals surface area contributed by atoms with Crippen LogP contribution in [0.15, 0.2) is 24.3 Å². The highest BCUT2D eigenvalue weighted by Gasteiger charge is 1.94. The van der Waals surface area contributed by atoms with Crippen molar-refractivity contribution in [2.45, 2.75) is 6.54 Å². The number of nitrogens with one attached hydrogen (secondary N) is 2. The van der Waals surface area contributed by atoms with Crippen molar-refractivity contribution in [3.8, 4) is 0 Å². The highest BCUT2D eigenvalue weighted by atomic mass is 19.1. The zero-order valence-corrected chi connectivity index (χ0v) is 6.47. The fourth-order valence-electron chi connectivity index (χ4n) is 0.844. The second-order valence-corrected chi connectivity index (χ2v) is 2.40. The third kappa shape index (κ3) is 2.57. The SMILES string of the molecule is N=C(N)NCc1cccc(F)c1. The Hall–Kier alpha value is -1.58. The van der Waals surface area contributed by atoms with Crippen LogP contribution in [-0.4, -0.2) is 5.96 Å². The summed E-state index contributed by atoms with van der Waals surface area (Å²) in [6.07, 6.45) is 0. The summed E-state index contributed by atoms with van der Waals surface area (Å²) in [4.78, 5) is 0. The van der Waals surface area contributed by atoms with E-state index in [4.69, 9.17) is 11.1 Å². The van der Waals surface area contributed by atoms with Gasteiger partial charge in [0.2, 0.25) is 0 Å². The van der Waals surface area contributed by atoms with Gasteiger partial charge in [0.05, 0.1) is 0 Å². The molecule has 0 atom stereocenters. The monoisotopic (exact) mass is 167 g/mol. The lowest BCUT2D eigenvalue weighted by Gasteiger charge is -2.02. The largest absolute Gasteiger partial charge is 0.370 e. The first-order valence-corrected chi connectivity index (χ1v) is 3.51. The van der Waals surface area contributed by atoms with E-state index in [-0.39, 0.29) is 11.8 Å². The number of guanidine groups is 1. The summed E-state index contributed by atoms with van der Waals surface area (Å²) < 4.78 is 12.6. The van der Waals surface area contributed by atoms with E-state index in [2.05, 4.69) is 5.32 Å². The van der Waals surface area contributed by atoms with Gasteiger partial charge in [0.25, 0.3) is 0 Å². The van der Waals surface area contributed by atoms with Crippen LogP contribution in [0.25, 0.3) is 0 Å². The normalized spacial score (nSPS) is 9.42. The molecule has 0 saturated carbocycles. The molecule has 0 aromatic heterocycles. The van der Waals surface area contributed by atoms with Crippen molar-refractivity contribution in [3.05, 3.63) is 35.6 Å². The molecule has 0 aliphatic rings. The molecular weight excluding hydrogens is 157 g/mol. The molecule has 4 heteroatoms. The van der Waals surface area contributed by atoms with Crippen molar-refractivity contribution in [2.75, 3.05) is 0 Å². The lowest BCUT2D eigenvalue weighted by Crippen LogP contribution is -2.29. The van der Waals surface area contributed by atoms with Gasteiger partial charge in [0.1, 0.15) is 5.82 Å². The van der Waals surface area contributed by atoms with Crippen molar-refractivity contribution >= 4 is 5.96 Å². The van der Waals surface area contributed by atoms with Gasteiger partial charge in [-0.15, -0.1) is 0 Å². The second kappa shape index (κ2) is 3.71. The second-order valence-electron chi connectivity index (χ2n) is 2.40. The predicted molar refractivity (Wildman–Crippen MR) is 45.2 cm³/mol. The van der Waals surface area contributed by atoms with Gasteiger partial charge in [0, 0.05) is 6.54 Å². The average Bonchev–Trinajstić information content (AvgIpc) is 2.01. The first-order valence-electron chi connectivity index (χ1n) is 3.51. The van der Waals surface area contributed by atoms with Crippen molar-refractivity contribution in [2.24, 2.45) is 5.73 Å². The molecule has 0 aliphatic carbocycles. The number of hydrogen-bond acceptors (Lipinski definition) is 1. The quantitative estimate of drug-likeness (QED) is 0.451. The Kier molecular flexibility index (Phi) is 2.63. The third-order valence-electron chi connectivity index (χ3n) is 1.37. The zero-order chi connectivity index (χ0) is 8.97. The fraction of sp³-hybridized carbons (Fsp3) is 0.125. The van der Waals surface area contributed by atoms with Gasteiger partial charge in [-0.2, -0.15) is 0 Å². The van der Waals surface area contributed by atoms with Crippen LogP contribution in [0.1, 0.15) is 5.56 Å². The van der Waals surface area contributed by atoms with Gasteiger partial charge in [-0.05, 0) is 17.7 Å². The number of hydrogen-bond donors (Lipinski definition) is 3. The molecule has 12 heavy (non-hydrogen) atoms. The van der Waals surface area contributed by atoms with Gasteiger partial charge >= 0.3 is 0 Å². The molecule has 3 nitrogen and oxygen atoms in total. The summed E-state index contributed by atoms with van der Waals surface area (Å²) >= 11 is 0. The fourth-order valence-corrected chi connectivity index (χ4v) is 0.844. The van der Waals surface area contributed by atoms with E-state index in [0.29, 0.717) is 6.54 Å². The summed E-state index contributed by atoms with van der Waals surface area (Å²) in [6.45, 7) is 0.382. The number of nitrogens with two attached hydrogens (primary N) is 1. The summed E-state index contributed by atoms with van der Waals surface area (Å²) in [5.74, 6) is -0.392. The molecule has 0 bridgehead atoms. The van der Waals surface area contributed by atoms with E-state index in [0.717, 1.165) is 5.56 Å². The molecule has 1 aromatic rings. The Morgan fingerprint density at radius 3 is 2.92 bits per heavy atom. The van der Waals surface area contributed by atoms with E-state index in [1.165, 1.54) is 12.1 Å². The lowest BCUT2D eigenvalue weighted by molar-refractivity contribution is 0.624.